The molecule has 0 aromatic heterocycles. The molecular formula is C13H22N2O5. The van der Waals surface area contributed by atoms with Crippen LogP contribution >= 0.6 is 0 Å². The Labute approximate surface area is 117 Å². The maximum Gasteiger partial charge on any atom is 0.326 e. The van der Waals surface area contributed by atoms with Gasteiger partial charge in [-0.25, -0.2) is 9.59 Å². The zero-order valence-corrected chi connectivity index (χ0v) is 11.8. The quantitative estimate of drug-likeness (QED) is 0.602. The number of amides is 2. The lowest BCUT2D eigenvalue weighted by Gasteiger charge is -2.33. The van der Waals surface area contributed by atoms with E-state index in [1.54, 1.807) is 0 Å². The van der Waals surface area contributed by atoms with Crippen LogP contribution in [-0.4, -0.2) is 40.3 Å². The number of hydrogen-bond acceptors (Lipinski definition) is 3. The van der Waals surface area contributed by atoms with Crippen LogP contribution in [0, 0.1) is 11.8 Å². The minimum Gasteiger partial charge on any atom is -0.481 e. The minimum absolute atomic E-state index is 0.00507. The Morgan fingerprint density at radius 1 is 1.20 bits per heavy atom. The summed E-state index contributed by atoms with van der Waals surface area (Å²) < 4.78 is 0. The normalized spacial score (nSPS) is 27.4. The summed E-state index contributed by atoms with van der Waals surface area (Å²) in [4.78, 5) is 33.2. The molecule has 0 aromatic carbocycles. The minimum atomic E-state index is -1.41. The van der Waals surface area contributed by atoms with E-state index in [2.05, 4.69) is 17.6 Å². The highest BCUT2D eigenvalue weighted by Gasteiger charge is 2.28. The van der Waals surface area contributed by atoms with Gasteiger partial charge in [-0.15, -0.1) is 0 Å². The number of carbonyl (C=O) groups excluding carboxylic acids is 1. The number of rotatable bonds is 5. The molecule has 0 radical (unpaired) electrons. The van der Waals surface area contributed by atoms with Crippen LogP contribution in [0.4, 0.5) is 4.79 Å². The van der Waals surface area contributed by atoms with E-state index in [0.29, 0.717) is 11.8 Å². The maximum absolute atomic E-state index is 11.8. The summed E-state index contributed by atoms with van der Waals surface area (Å²) in [6.45, 7) is 4.21. The van der Waals surface area contributed by atoms with E-state index in [-0.39, 0.29) is 6.04 Å². The summed E-state index contributed by atoms with van der Waals surface area (Å²) in [5, 5.41) is 22.4. The molecule has 0 aromatic rings. The van der Waals surface area contributed by atoms with Crippen molar-refractivity contribution in [2.45, 2.75) is 51.6 Å². The first-order chi connectivity index (χ1) is 9.29. The number of hydrogen-bond donors (Lipinski definition) is 4. The van der Waals surface area contributed by atoms with E-state index in [1.165, 1.54) is 0 Å². The summed E-state index contributed by atoms with van der Waals surface area (Å²) in [5.74, 6) is -1.66. The summed E-state index contributed by atoms with van der Waals surface area (Å²) in [6, 6.07) is -2.03. The van der Waals surface area contributed by atoms with Crippen molar-refractivity contribution in [2.75, 3.05) is 0 Å². The van der Waals surface area contributed by atoms with Gasteiger partial charge in [0.05, 0.1) is 6.42 Å². The second kappa shape index (κ2) is 7.12. The van der Waals surface area contributed by atoms with Gasteiger partial charge in [0.15, 0.2) is 0 Å². The molecule has 0 bridgehead atoms. The molecule has 4 atom stereocenters. The van der Waals surface area contributed by atoms with Gasteiger partial charge in [0.25, 0.3) is 0 Å². The molecule has 1 aliphatic carbocycles. The van der Waals surface area contributed by atoms with Crippen molar-refractivity contribution in [1.82, 2.24) is 10.6 Å². The molecule has 114 valence electrons. The number of carboxylic acid groups (broad SMARTS) is 2. The monoisotopic (exact) mass is 286 g/mol. The van der Waals surface area contributed by atoms with Crippen molar-refractivity contribution in [1.29, 1.82) is 0 Å². The Morgan fingerprint density at radius 3 is 2.35 bits per heavy atom. The second-order valence-corrected chi connectivity index (χ2v) is 5.61. The van der Waals surface area contributed by atoms with Gasteiger partial charge in [-0.2, -0.15) is 0 Å². The highest BCUT2D eigenvalue weighted by Crippen LogP contribution is 2.28. The van der Waals surface area contributed by atoms with Crippen molar-refractivity contribution in [3.05, 3.63) is 0 Å². The number of nitrogens with one attached hydrogen (secondary N) is 2. The number of aliphatic carboxylic acids is 2. The molecule has 20 heavy (non-hydrogen) atoms. The SMILES string of the molecule is CC1CCC(NC(=O)NC(CC(=O)O)C(=O)O)C(C)C1. The van der Waals surface area contributed by atoms with E-state index < -0.39 is 30.4 Å². The highest BCUT2D eigenvalue weighted by molar-refractivity contribution is 5.86. The predicted molar refractivity (Wildman–Crippen MR) is 71.3 cm³/mol. The Kier molecular flexibility index (Phi) is 5.79. The first-order valence-corrected chi connectivity index (χ1v) is 6.81. The molecule has 0 saturated heterocycles. The van der Waals surface area contributed by atoms with Crippen molar-refractivity contribution in [3.63, 3.8) is 0 Å². The van der Waals surface area contributed by atoms with E-state index >= 15 is 0 Å². The zero-order valence-electron chi connectivity index (χ0n) is 11.8. The Morgan fingerprint density at radius 2 is 1.85 bits per heavy atom. The molecule has 2 amide bonds. The molecule has 0 heterocycles. The molecule has 7 heteroatoms. The van der Waals surface area contributed by atoms with Crippen LogP contribution in [-0.2, 0) is 9.59 Å². The van der Waals surface area contributed by atoms with Gasteiger partial charge in [0, 0.05) is 6.04 Å². The summed E-state index contributed by atoms with van der Waals surface area (Å²) >= 11 is 0. The lowest BCUT2D eigenvalue weighted by molar-refractivity contribution is -0.145. The molecule has 7 nitrogen and oxygen atoms in total. The standard InChI is InChI=1S/C13H22N2O5/c1-7-3-4-9(8(2)5-7)14-13(20)15-10(12(18)19)6-11(16)17/h7-10H,3-6H2,1-2H3,(H,16,17)(H,18,19)(H2,14,15,20). The van der Waals surface area contributed by atoms with Crippen LogP contribution < -0.4 is 10.6 Å². The van der Waals surface area contributed by atoms with Gasteiger partial charge in [-0.05, 0) is 31.1 Å². The third kappa shape index (κ3) is 5.07. The van der Waals surface area contributed by atoms with Crippen molar-refractivity contribution in [2.24, 2.45) is 11.8 Å². The molecule has 1 saturated carbocycles. The van der Waals surface area contributed by atoms with Crippen molar-refractivity contribution in [3.8, 4) is 0 Å². The van der Waals surface area contributed by atoms with Gasteiger partial charge in [0.1, 0.15) is 6.04 Å². The fourth-order valence-corrected chi connectivity index (χ4v) is 2.62. The molecule has 4 unspecified atom stereocenters. The number of carboxylic acids is 2. The van der Waals surface area contributed by atoms with Gasteiger partial charge in [-0.3, -0.25) is 4.79 Å². The third-order valence-electron chi connectivity index (χ3n) is 3.73. The highest BCUT2D eigenvalue weighted by atomic mass is 16.4. The largest absolute Gasteiger partial charge is 0.481 e. The number of carbonyl (C=O) groups is 3. The topological polar surface area (TPSA) is 116 Å². The molecule has 1 rings (SSSR count). The smallest absolute Gasteiger partial charge is 0.326 e. The van der Waals surface area contributed by atoms with Crippen LogP contribution in [0.5, 0.6) is 0 Å². The van der Waals surface area contributed by atoms with E-state index in [1.807, 2.05) is 6.92 Å². The van der Waals surface area contributed by atoms with Gasteiger partial charge >= 0.3 is 18.0 Å². The third-order valence-corrected chi connectivity index (χ3v) is 3.73. The Hall–Kier alpha value is -1.79. The first-order valence-electron chi connectivity index (χ1n) is 6.81. The number of urea groups is 1. The van der Waals surface area contributed by atoms with Crippen LogP contribution in [0.2, 0.25) is 0 Å². The average Bonchev–Trinajstić information content (AvgIpc) is 2.31. The van der Waals surface area contributed by atoms with Crippen molar-refractivity contribution < 1.29 is 24.6 Å². The van der Waals surface area contributed by atoms with Crippen LogP contribution in [0.3, 0.4) is 0 Å². The van der Waals surface area contributed by atoms with E-state index in [4.69, 9.17) is 10.2 Å². The lowest BCUT2D eigenvalue weighted by atomic mass is 9.80. The second-order valence-electron chi connectivity index (χ2n) is 5.61. The zero-order chi connectivity index (χ0) is 15.3. The fraction of sp³-hybridized carbons (Fsp3) is 0.769. The van der Waals surface area contributed by atoms with E-state index in [9.17, 15) is 14.4 Å². The maximum atomic E-state index is 11.8. The predicted octanol–water partition coefficient (Wildman–Crippen LogP) is 1.04. The van der Waals surface area contributed by atoms with Crippen molar-refractivity contribution >= 4 is 18.0 Å². The fourth-order valence-electron chi connectivity index (χ4n) is 2.62. The van der Waals surface area contributed by atoms with Gasteiger partial charge < -0.3 is 20.8 Å². The molecule has 0 spiro atoms. The van der Waals surface area contributed by atoms with Crippen LogP contribution in [0.15, 0.2) is 0 Å². The van der Waals surface area contributed by atoms with Crippen LogP contribution in [0.25, 0.3) is 0 Å². The molecule has 1 aliphatic rings. The molecule has 4 N–H and O–H groups in total. The molecule has 0 aliphatic heterocycles. The lowest BCUT2D eigenvalue weighted by Crippen LogP contribution is -2.52. The first kappa shape index (κ1) is 16.3. The van der Waals surface area contributed by atoms with Gasteiger partial charge in [-0.1, -0.05) is 13.8 Å². The van der Waals surface area contributed by atoms with E-state index in [0.717, 1.165) is 19.3 Å². The Balaban J connectivity index is 2.49. The van der Waals surface area contributed by atoms with Gasteiger partial charge in [0.2, 0.25) is 0 Å². The molecular weight excluding hydrogens is 264 g/mol. The Bertz CT molecular complexity index is 385. The summed E-state index contributed by atoms with van der Waals surface area (Å²) in [5.41, 5.74) is 0. The molecule has 1 fully saturated rings. The average molecular weight is 286 g/mol. The van der Waals surface area contributed by atoms with Crippen LogP contribution in [0.1, 0.15) is 39.5 Å². The summed E-state index contributed by atoms with van der Waals surface area (Å²) in [6.07, 6.45) is 2.25. The summed E-state index contributed by atoms with van der Waals surface area (Å²) in [7, 11) is 0.